The van der Waals surface area contributed by atoms with Crippen LogP contribution in [0.25, 0.3) is 0 Å². The normalized spacial score (nSPS) is 20.9. The van der Waals surface area contributed by atoms with Crippen molar-refractivity contribution in [3.8, 4) is 0 Å². The lowest BCUT2D eigenvalue weighted by molar-refractivity contribution is -0.0219. The zero-order valence-corrected chi connectivity index (χ0v) is 11.1. The number of ether oxygens (including phenoxy) is 1. The third-order valence-electron chi connectivity index (χ3n) is 2.78. The SMILES string of the molecule is C[C@@H]1CN(Cc2nc(N)nc(N(C)C)n2)CCO1. The molecule has 0 aliphatic carbocycles. The van der Waals surface area contributed by atoms with E-state index >= 15 is 0 Å². The third-order valence-corrected chi connectivity index (χ3v) is 2.78. The van der Waals surface area contributed by atoms with Gasteiger partial charge in [-0.15, -0.1) is 0 Å². The maximum absolute atomic E-state index is 5.70. The van der Waals surface area contributed by atoms with Gasteiger partial charge in [0.2, 0.25) is 11.9 Å². The van der Waals surface area contributed by atoms with Crippen molar-refractivity contribution in [3.63, 3.8) is 0 Å². The van der Waals surface area contributed by atoms with Crippen molar-refractivity contribution in [2.24, 2.45) is 0 Å². The highest BCUT2D eigenvalue weighted by Crippen LogP contribution is 2.10. The zero-order chi connectivity index (χ0) is 13.1. The molecule has 7 heteroatoms. The van der Waals surface area contributed by atoms with Gasteiger partial charge in [0.05, 0.1) is 19.3 Å². The van der Waals surface area contributed by atoms with E-state index in [1.165, 1.54) is 0 Å². The average Bonchev–Trinajstić information content (AvgIpc) is 2.28. The molecular weight excluding hydrogens is 232 g/mol. The van der Waals surface area contributed by atoms with Crippen molar-refractivity contribution in [2.45, 2.75) is 19.6 Å². The maximum Gasteiger partial charge on any atom is 0.229 e. The highest BCUT2D eigenvalue weighted by Gasteiger charge is 2.18. The Bertz CT molecular complexity index is 411. The Morgan fingerprint density at radius 3 is 2.83 bits per heavy atom. The molecule has 1 fully saturated rings. The molecule has 18 heavy (non-hydrogen) atoms. The maximum atomic E-state index is 5.70. The molecule has 7 nitrogen and oxygen atoms in total. The minimum Gasteiger partial charge on any atom is -0.376 e. The van der Waals surface area contributed by atoms with Crippen molar-refractivity contribution >= 4 is 11.9 Å². The van der Waals surface area contributed by atoms with Crippen LogP contribution >= 0.6 is 0 Å². The smallest absolute Gasteiger partial charge is 0.229 e. The fourth-order valence-electron chi connectivity index (χ4n) is 1.93. The fourth-order valence-corrected chi connectivity index (χ4v) is 1.93. The summed E-state index contributed by atoms with van der Waals surface area (Å²) in [7, 11) is 3.77. The van der Waals surface area contributed by atoms with Crippen molar-refractivity contribution in [2.75, 3.05) is 44.4 Å². The van der Waals surface area contributed by atoms with E-state index < -0.39 is 0 Å². The van der Waals surface area contributed by atoms with Gasteiger partial charge in [-0.2, -0.15) is 15.0 Å². The van der Waals surface area contributed by atoms with Gasteiger partial charge >= 0.3 is 0 Å². The number of hydrogen-bond acceptors (Lipinski definition) is 7. The first-order valence-electron chi connectivity index (χ1n) is 6.06. The molecule has 1 aromatic heterocycles. The summed E-state index contributed by atoms with van der Waals surface area (Å²) in [6.45, 7) is 5.29. The molecule has 2 rings (SSSR count). The van der Waals surface area contributed by atoms with E-state index in [0.717, 1.165) is 19.7 Å². The molecule has 0 radical (unpaired) electrons. The summed E-state index contributed by atoms with van der Waals surface area (Å²) in [5.74, 6) is 1.57. The third kappa shape index (κ3) is 3.27. The Hall–Kier alpha value is -1.47. The second kappa shape index (κ2) is 5.45. The van der Waals surface area contributed by atoms with E-state index in [1.807, 2.05) is 19.0 Å². The van der Waals surface area contributed by atoms with E-state index in [1.54, 1.807) is 0 Å². The van der Waals surface area contributed by atoms with Crippen LogP contribution in [-0.2, 0) is 11.3 Å². The Morgan fingerprint density at radius 2 is 2.17 bits per heavy atom. The van der Waals surface area contributed by atoms with Crippen molar-refractivity contribution in [3.05, 3.63) is 5.82 Å². The molecule has 2 heterocycles. The van der Waals surface area contributed by atoms with Gasteiger partial charge in [0.15, 0.2) is 0 Å². The van der Waals surface area contributed by atoms with Crippen LogP contribution in [0.2, 0.25) is 0 Å². The number of morpholine rings is 1. The second-order valence-electron chi connectivity index (χ2n) is 4.72. The molecule has 0 spiro atoms. The van der Waals surface area contributed by atoms with E-state index in [2.05, 4.69) is 26.8 Å². The first-order valence-corrected chi connectivity index (χ1v) is 6.06. The number of nitrogens with two attached hydrogens (primary N) is 1. The Kier molecular flexibility index (Phi) is 3.93. The van der Waals surface area contributed by atoms with Crippen LogP contribution in [0.15, 0.2) is 0 Å². The molecule has 1 aliphatic rings. The van der Waals surface area contributed by atoms with Gasteiger partial charge in [-0.25, -0.2) is 0 Å². The number of nitrogen functional groups attached to an aromatic ring is 1. The highest BCUT2D eigenvalue weighted by molar-refractivity contribution is 5.32. The topological polar surface area (TPSA) is 80.4 Å². The van der Waals surface area contributed by atoms with Gasteiger partial charge in [0.1, 0.15) is 5.82 Å². The van der Waals surface area contributed by atoms with E-state index in [0.29, 0.717) is 18.3 Å². The van der Waals surface area contributed by atoms with Crippen LogP contribution in [0.1, 0.15) is 12.7 Å². The number of hydrogen-bond donors (Lipinski definition) is 1. The molecule has 0 saturated carbocycles. The minimum atomic E-state index is 0.256. The predicted molar refractivity (Wildman–Crippen MR) is 69.3 cm³/mol. The van der Waals surface area contributed by atoms with Crippen molar-refractivity contribution in [1.29, 1.82) is 0 Å². The van der Waals surface area contributed by atoms with Gasteiger partial charge < -0.3 is 15.4 Å². The van der Waals surface area contributed by atoms with E-state index in [4.69, 9.17) is 10.5 Å². The molecule has 0 aromatic carbocycles. The summed E-state index contributed by atoms with van der Waals surface area (Å²) in [6.07, 6.45) is 0.256. The summed E-state index contributed by atoms with van der Waals surface area (Å²) in [5.41, 5.74) is 5.70. The van der Waals surface area contributed by atoms with Gasteiger partial charge in [0.25, 0.3) is 0 Å². The summed E-state index contributed by atoms with van der Waals surface area (Å²) >= 11 is 0. The zero-order valence-electron chi connectivity index (χ0n) is 11.1. The molecule has 1 saturated heterocycles. The Labute approximate surface area is 107 Å². The first-order chi connectivity index (χ1) is 8.54. The molecule has 1 aliphatic heterocycles. The van der Waals surface area contributed by atoms with Crippen LogP contribution in [-0.4, -0.2) is 59.7 Å². The van der Waals surface area contributed by atoms with Gasteiger partial charge in [-0.3, -0.25) is 4.90 Å². The van der Waals surface area contributed by atoms with Crippen LogP contribution in [0.5, 0.6) is 0 Å². The van der Waals surface area contributed by atoms with Crippen LogP contribution < -0.4 is 10.6 Å². The van der Waals surface area contributed by atoms with Gasteiger partial charge in [-0.05, 0) is 6.92 Å². The molecule has 0 unspecified atom stereocenters. The molecule has 1 aromatic rings. The van der Waals surface area contributed by atoms with Crippen LogP contribution in [0.4, 0.5) is 11.9 Å². The van der Waals surface area contributed by atoms with Crippen molar-refractivity contribution in [1.82, 2.24) is 19.9 Å². The average molecular weight is 252 g/mol. The largest absolute Gasteiger partial charge is 0.376 e. The van der Waals surface area contributed by atoms with E-state index in [9.17, 15) is 0 Å². The molecule has 0 bridgehead atoms. The summed E-state index contributed by atoms with van der Waals surface area (Å²) in [6, 6.07) is 0. The Morgan fingerprint density at radius 1 is 1.39 bits per heavy atom. The molecule has 1 atom stereocenters. The lowest BCUT2D eigenvalue weighted by Gasteiger charge is -2.30. The fraction of sp³-hybridized carbons (Fsp3) is 0.727. The molecule has 100 valence electrons. The predicted octanol–water partition coefficient (Wildman–Crippen LogP) is -0.259. The van der Waals surface area contributed by atoms with Gasteiger partial charge in [0, 0.05) is 27.2 Å². The number of nitrogens with zero attached hydrogens (tertiary/aromatic N) is 5. The number of aromatic nitrogens is 3. The summed E-state index contributed by atoms with van der Waals surface area (Å²) in [5, 5.41) is 0. The highest BCUT2D eigenvalue weighted by atomic mass is 16.5. The second-order valence-corrected chi connectivity index (χ2v) is 4.72. The lowest BCUT2D eigenvalue weighted by atomic mass is 10.3. The monoisotopic (exact) mass is 252 g/mol. The molecular formula is C11H20N6O. The summed E-state index contributed by atoms with van der Waals surface area (Å²) < 4.78 is 5.50. The van der Waals surface area contributed by atoms with Crippen LogP contribution in [0.3, 0.4) is 0 Å². The van der Waals surface area contributed by atoms with Crippen molar-refractivity contribution < 1.29 is 4.74 Å². The standard InChI is InChI=1S/C11H20N6O/c1-8-6-17(4-5-18-8)7-9-13-10(12)15-11(14-9)16(2)3/h8H,4-7H2,1-3H3,(H2,12,13,14,15)/t8-/m1/s1. The minimum absolute atomic E-state index is 0.256. The first kappa shape index (κ1) is 13.0. The van der Waals surface area contributed by atoms with E-state index in [-0.39, 0.29) is 12.1 Å². The number of anilines is 2. The van der Waals surface area contributed by atoms with Gasteiger partial charge in [-0.1, -0.05) is 0 Å². The quantitative estimate of drug-likeness (QED) is 0.793. The lowest BCUT2D eigenvalue weighted by Crippen LogP contribution is -2.40. The summed E-state index contributed by atoms with van der Waals surface area (Å²) in [4.78, 5) is 16.7. The number of rotatable bonds is 3. The molecule has 2 N–H and O–H groups in total. The van der Waals surface area contributed by atoms with Crippen LogP contribution in [0, 0.1) is 0 Å². The Balaban J connectivity index is 2.08. The molecule has 0 amide bonds.